The molecule has 132 valence electrons. The predicted octanol–water partition coefficient (Wildman–Crippen LogP) is 4.16. The minimum atomic E-state index is 0.483. The Kier molecular flexibility index (Phi) is 3.10. The van der Waals surface area contributed by atoms with Gasteiger partial charge in [-0.05, 0) is 40.8 Å². The van der Waals surface area contributed by atoms with Crippen LogP contribution in [0.15, 0.2) is 54.7 Å². The van der Waals surface area contributed by atoms with Crippen LogP contribution in [0.4, 0.5) is 0 Å². The summed E-state index contributed by atoms with van der Waals surface area (Å²) < 4.78 is 7.75. The molecule has 6 rings (SSSR count). The molecule has 0 N–H and O–H groups in total. The van der Waals surface area contributed by atoms with Crippen LogP contribution in [0.3, 0.4) is 0 Å². The second kappa shape index (κ2) is 5.53. The monoisotopic (exact) mass is 353 g/mol. The first kappa shape index (κ1) is 15.2. The Bertz CT molecular complexity index is 1100. The molecule has 3 aliphatic rings. The molecule has 0 amide bonds. The van der Waals surface area contributed by atoms with Crippen molar-refractivity contribution in [3.8, 4) is 16.9 Å². The first-order valence-electron chi connectivity index (χ1n) is 9.69. The standard InChI is InChI=1S/C24H21N2O/c1-27-18-9-6-15(7-10-18)8-11-21-24-23-20(14-26(21)24)22-17(13-25-23)12-16-4-2-3-5-19(16)22/h2-7,9-10,13-14,21,24H,8,11-12H2,1H3/q+1. The number of methoxy groups -OCH3 is 1. The van der Waals surface area contributed by atoms with Crippen LogP contribution < -0.4 is 4.74 Å². The number of hydrogen-bond acceptors (Lipinski definition) is 2. The molecule has 2 aromatic carbocycles. The van der Waals surface area contributed by atoms with Gasteiger partial charge in [0.15, 0.2) is 6.21 Å². The normalized spacial score (nSPS) is 20.4. The molecule has 0 bridgehead atoms. The van der Waals surface area contributed by atoms with E-state index in [-0.39, 0.29) is 0 Å². The molecule has 3 heteroatoms. The first-order chi connectivity index (χ1) is 13.3. The minimum Gasteiger partial charge on any atom is -0.497 e. The SMILES string of the molecule is COc1ccc(CCC2C3c4ncc5c(c4C=[N+]23)-c2ccccc2C5)cc1. The van der Waals surface area contributed by atoms with Crippen molar-refractivity contribution < 1.29 is 9.31 Å². The number of pyridine rings is 1. The highest BCUT2D eigenvalue weighted by molar-refractivity contribution is 5.95. The van der Waals surface area contributed by atoms with Crippen molar-refractivity contribution in [2.24, 2.45) is 0 Å². The molecule has 3 heterocycles. The lowest BCUT2D eigenvalue weighted by atomic mass is 9.97. The van der Waals surface area contributed by atoms with Crippen molar-refractivity contribution in [1.29, 1.82) is 0 Å². The highest BCUT2D eigenvalue weighted by Gasteiger charge is 2.61. The molecular formula is C24H21N2O+. The fourth-order valence-electron chi connectivity index (χ4n) is 4.89. The fourth-order valence-corrected chi connectivity index (χ4v) is 4.89. The Morgan fingerprint density at radius 2 is 1.93 bits per heavy atom. The number of aryl methyl sites for hydroxylation is 1. The zero-order chi connectivity index (χ0) is 18.0. The highest BCUT2D eigenvalue weighted by Crippen LogP contribution is 2.49. The number of hydrogen-bond donors (Lipinski definition) is 0. The first-order valence-corrected chi connectivity index (χ1v) is 9.69. The van der Waals surface area contributed by atoms with Crippen molar-refractivity contribution in [2.75, 3.05) is 7.11 Å². The Hall–Kier alpha value is -2.94. The summed E-state index contributed by atoms with van der Waals surface area (Å²) in [5, 5.41) is 0. The Balaban J connectivity index is 1.25. The van der Waals surface area contributed by atoms with Crippen LogP contribution in [0.5, 0.6) is 5.75 Å². The minimum absolute atomic E-state index is 0.483. The summed E-state index contributed by atoms with van der Waals surface area (Å²) in [5.74, 6) is 0.923. The van der Waals surface area contributed by atoms with Gasteiger partial charge in [0.05, 0.1) is 12.7 Å². The van der Waals surface area contributed by atoms with E-state index in [1.54, 1.807) is 7.11 Å². The van der Waals surface area contributed by atoms with Crippen LogP contribution in [0, 0.1) is 0 Å². The number of rotatable bonds is 4. The predicted molar refractivity (Wildman–Crippen MR) is 106 cm³/mol. The van der Waals surface area contributed by atoms with Crippen LogP contribution >= 0.6 is 0 Å². The van der Waals surface area contributed by atoms with Gasteiger partial charge in [0, 0.05) is 24.6 Å². The molecule has 2 unspecified atom stereocenters. The van der Waals surface area contributed by atoms with Gasteiger partial charge in [0.25, 0.3) is 6.04 Å². The summed E-state index contributed by atoms with van der Waals surface area (Å²) in [4.78, 5) is 4.88. The van der Waals surface area contributed by atoms with E-state index in [2.05, 4.69) is 53.4 Å². The van der Waals surface area contributed by atoms with Crippen molar-refractivity contribution in [2.45, 2.75) is 31.3 Å². The Morgan fingerprint density at radius 1 is 1.07 bits per heavy atom. The number of nitrogens with zero attached hydrogens (tertiary/aromatic N) is 2. The van der Waals surface area contributed by atoms with Gasteiger partial charge in [-0.2, -0.15) is 0 Å². The summed E-state index contributed by atoms with van der Waals surface area (Å²) in [7, 11) is 1.71. The average Bonchev–Trinajstić information content (AvgIpc) is 3.07. The summed E-state index contributed by atoms with van der Waals surface area (Å²) in [5.41, 5.74) is 9.66. The van der Waals surface area contributed by atoms with E-state index in [0.29, 0.717) is 12.1 Å². The van der Waals surface area contributed by atoms with Crippen molar-refractivity contribution in [3.05, 3.63) is 82.7 Å². The zero-order valence-corrected chi connectivity index (χ0v) is 15.4. The summed E-state index contributed by atoms with van der Waals surface area (Å²) in [6, 6.07) is 18.3. The molecule has 27 heavy (non-hydrogen) atoms. The molecule has 3 nitrogen and oxygen atoms in total. The third-order valence-corrected chi connectivity index (χ3v) is 6.32. The largest absolute Gasteiger partial charge is 0.497 e. The molecule has 0 radical (unpaired) electrons. The summed E-state index contributed by atoms with van der Waals surface area (Å²) in [6.07, 6.45) is 7.77. The van der Waals surface area contributed by atoms with Crippen molar-refractivity contribution >= 4 is 6.21 Å². The van der Waals surface area contributed by atoms with Crippen LogP contribution in [0.1, 0.15) is 40.4 Å². The molecule has 1 aliphatic carbocycles. The van der Waals surface area contributed by atoms with Gasteiger partial charge in [-0.15, -0.1) is 0 Å². The fraction of sp³-hybridized carbons (Fsp3) is 0.250. The van der Waals surface area contributed by atoms with E-state index in [9.17, 15) is 0 Å². The van der Waals surface area contributed by atoms with Gasteiger partial charge in [0.1, 0.15) is 11.4 Å². The maximum Gasteiger partial charge on any atom is 0.257 e. The van der Waals surface area contributed by atoms with Gasteiger partial charge in [-0.3, -0.25) is 4.98 Å². The molecule has 0 saturated carbocycles. The van der Waals surface area contributed by atoms with Gasteiger partial charge >= 0.3 is 0 Å². The maximum atomic E-state index is 5.25. The third-order valence-electron chi connectivity index (χ3n) is 6.32. The van der Waals surface area contributed by atoms with Crippen molar-refractivity contribution in [3.63, 3.8) is 0 Å². The van der Waals surface area contributed by atoms with Crippen LogP contribution in [-0.2, 0) is 12.8 Å². The lowest BCUT2D eigenvalue weighted by molar-refractivity contribution is -0.375. The number of ether oxygens (including phenoxy) is 1. The lowest BCUT2D eigenvalue weighted by Crippen LogP contribution is -2.04. The van der Waals surface area contributed by atoms with Gasteiger partial charge in [-0.25, -0.2) is 4.58 Å². The van der Waals surface area contributed by atoms with E-state index in [1.165, 1.54) is 45.5 Å². The van der Waals surface area contributed by atoms with Gasteiger partial charge in [0.2, 0.25) is 6.04 Å². The third kappa shape index (κ3) is 2.21. The van der Waals surface area contributed by atoms with E-state index in [1.807, 2.05) is 12.1 Å². The zero-order valence-electron chi connectivity index (χ0n) is 15.4. The Labute approximate surface area is 159 Å². The second-order valence-electron chi connectivity index (χ2n) is 7.77. The molecule has 1 fully saturated rings. The van der Waals surface area contributed by atoms with Crippen molar-refractivity contribution in [1.82, 2.24) is 4.98 Å². The van der Waals surface area contributed by atoms with E-state index < -0.39 is 0 Å². The molecule has 1 saturated heterocycles. The van der Waals surface area contributed by atoms with E-state index in [4.69, 9.17) is 9.72 Å². The number of benzene rings is 2. The summed E-state index contributed by atoms with van der Waals surface area (Å²) >= 11 is 0. The topological polar surface area (TPSA) is 25.1 Å². The smallest absolute Gasteiger partial charge is 0.257 e. The molecule has 1 aromatic heterocycles. The van der Waals surface area contributed by atoms with Crippen LogP contribution in [0.25, 0.3) is 11.1 Å². The molecule has 3 aromatic rings. The summed E-state index contributed by atoms with van der Waals surface area (Å²) in [6.45, 7) is 0. The van der Waals surface area contributed by atoms with E-state index in [0.717, 1.165) is 18.6 Å². The van der Waals surface area contributed by atoms with Crippen LogP contribution in [0.2, 0.25) is 0 Å². The van der Waals surface area contributed by atoms with Gasteiger partial charge < -0.3 is 4.74 Å². The molecular weight excluding hydrogens is 332 g/mol. The molecule has 2 aliphatic heterocycles. The number of aromatic nitrogens is 1. The van der Waals surface area contributed by atoms with E-state index >= 15 is 0 Å². The van der Waals surface area contributed by atoms with Crippen LogP contribution in [-0.4, -0.2) is 28.9 Å². The second-order valence-corrected chi connectivity index (χ2v) is 7.77. The maximum absolute atomic E-state index is 5.25. The molecule has 0 spiro atoms. The highest BCUT2D eigenvalue weighted by atomic mass is 16.5. The average molecular weight is 353 g/mol. The quantitative estimate of drug-likeness (QED) is 0.406. The molecule has 2 atom stereocenters. The Morgan fingerprint density at radius 3 is 2.78 bits per heavy atom. The number of fused-ring (bicyclic) bond motifs is 7. The lowest BCUT2D eigenvalue weighted by Gasteiger charge is -2.05. The van der Waals surface area contributed by atoms with Gasteiger partial charge in [-0.1, -0.05) is 36.4 Å².